The lowest BCUT2D eigenvalue weighted by Crippen LogP contribution is -1.93. The molecule has 1 aromatic carbocycles. The molecule has 0 spiro atoms. The van der Waals surface area contributed by atoms with E-state index in [-0.39, 0.29) is 11.6 Å². The monoisotopic (exact) mass is 212 g/mol. The first-order chi connectivity index (χ1) is 6.66. The first-order valence-electron chi connectivity index (χ1n) is 3.71. The smallest absolute Gasteiger partial charge is 0.434 e. The molecule has 0 aliphatic heterocycles. The molecule has 1 heterocycles. The lowest BCUT2D eigenvalue weighted by Gasteiger charge is -1.98. The van der Waals surface area contributed by atoms with Crippen LogP contribution in [0.2, 0.25) is 5.02 Å². The van der Waals surface area contributed by atoms with Gasteiger partial charge in [-0.2, -0.15) is 0 Å². The zero-order valence-corrected chi connectivity index (χ0v) is 7.58. The maximum absolute atomic E-state index is 10.7. The van der Waals surface area contributed by atoms with E-state index in [1.165, 1.54) is 18.2 Å². The van der Waals surface area contributed by atoms with Gasteiger partial charge in [-0.3, -0.25) is 0 Å². The highest BCUT2D eigenvalue weighted by Crippen LogP contribution is 2.28. The van der Waals surface area contributed by atoms with Crippen molar-refractivity contribution in [3.8, 4) is 17.2 Å². The molecule has 0 unspecified atom stereocenters. The van der Waals surface area contributed by atoms with Gasteiger partial charge in [0, 0.05) is 0 Å². The number of hydrogen-bond acceptors (Lipinski definition) is 4. The molecule has 5 nitrogen and oxygen atoms in total. The molecule has 0 saturated heterocycles. The zero-order valence-electron chi connectivity index (χ0n) is 6.82. The molecule has 0 fully saturated rings. The minimum atomic E-state index is -0.667. The van der Waals surface area contributed by atoms with Crippen LogP contribution < -0.4 is 5.76 Å². The molecule has 0 bridgehead atoms. The van der Waals surface area contributed by atoms with E-state index in [2.05, 4.69) is 14.6 Å². The van der Waals surface area contributed by atoms with E-state index >= 15 is 0 Å². The van der Waals surface area contributed by atoms with Crippen LogP contribution in [0.15, 0.2) is 27.4 Å². The largest absolute Gasteiger partial charge is 0.508 e. The maximum Gasteiger partial charge on any atom is 0.434 e. The van der Waals surface area contributed by atoms with Crippen molar-refractivity contribution in [2.75, 3.05) is 0 Å². The summed E-state index contributed by atoms with van der Waals surface area (Å²) in [5, 5.41) is 15.2. The summed E-state index contributed by atoms with van der Waals surface area (Å²) in [5.41, 5.74) is 0.366. The maximum atomic E-state index is 10.7. The predicted octanol–water partition coefficient (Wildman–Crippen LogP) is 1.39. The molecule has 2 aromatic rings. The van der Waals surface area contributed by atoms with E-state index in [1.54, 1.807) is 0 Å². The third-order valence-electron chi connectivity index (χ3n) is 1.62. The van der Waals surface area contributed by atoms with Gasteiger partial charge in [0.25, 0.3) is 5.89 Å². The number of halogens is 1. The average molecular weight is 213 g/mol. The van der Waals surface area contributed by atoms with Gasteiger partial charge in [0.05, 0.1) is 10.6 Å². The molecular formula is C8H5ClN2O3. The zero-order chi connectivity index (χ0) is 10.1. The Labute approximate surface area is 82.9 Å². The normalized spacial score (nSPS) is 10.4. The number of hydrogen-bond donors (Lipinski definition) is 2. The summed E-state index contributed by atoms with van der Waals surface area (Å²) in [6, 6.07) is 4.28. The Morgan fingerprint density at radius 3 is 2.93 bits per heavy atom. The molecule has 0 saturated carbocycles. The Morgan fingerprint density at radius 2 is 2.29 bits per heavy atom. The fraction of sp³-hybridized carbons (Fsp3) is 0. The Bertz CT molecular complexity index is 517. The van der Waals surface area contributed by atoms with Gasteiger partial charge in [-0.05, 0) is 18.2 Å². The lowest BCUT2D eigenvalue weighted by molar-refractivity contribution is 0.474. The van der Waals surface area contributed by atoms with Crippen LogP contribution in [0.5, 0.6) is 5.75 Å². The SMILES string of the molecule is O=c1[nH]nc(-c2cc(O)ccc2Cl)o1. The molecule has 0 amide bonds. The summed E-state index contributed by atoms with van der Waals surface area (Å²) in [7, 11) is 0. The van der Waals surface area contributed by atoms with Crippen LogP contribution in [-0.2, 0) is 0 Å². The van der Waals surface area contributed by atoms with Gasteiger partial charge in [-0.1, -0.05) is 11.6 Å². The van der Waals surface area contributed by atoms with Crippen molar-refractivity contribution in [3.05, 3.63) is 33.8 Å². The molecular weight excluding hydrogens is 208 g/mol. The Balaban J connectivity index is 2.61. The van der Waals surface area contributed by atoms with Gasteiger partial charge in [0.2, 0.25) is 0 Å². The summed E-state index contributed by atoms with van der Waals surface area (Å²) < 4.78 is 4.69. The van der Waals surface area contributed by atoms with Crippen LogP contribution in [0.25, 0.3) is 11.5 Å². The molecule has 2 rings (SSSR count). The van der Waals surface area contributed by atoms with Crippen LogP contribution in [0.4, 0.5) is 0 Å². The average Bonchev–Trinajstić information content (AvgIpc) is 2.56. The summed E-state index contributed by atoms with van der Waals surface area (Å²) in [6.45, 7) is 0. The lowest BCUT2D eigenvalue weighted by atomic mass is 10.2. The van der Waals surface area contributed by atoms with Gasteiger partial charge in [0.15, 0.2) is 0 Å². The van der Waals surface area contributed by atoms with Crippen molar-refractivity contribution in [2.45, 2.75) is 0 Å². The number of aromatic amines is 1. The fourth-order valence-corrected chi connectivity index (χ4v) is 1.22. The summed E-state index contributed by atoms with van der Waals surface area (Å²) in [5.74, 6) is -0.592. The van der Waals surface area contributed by atoms with Crippen LogP contribution in [0.3, 0.4) is 0 Å². The first-order valence-corrected chi connectivity index (χ1v) is 4.09. The Hall–Kier alpha value is -1.75. The molecule has 6 heteroatoms. The molecule has 2 N–H and O–H groups in total. The molecule has 0 aliphatic carbocycles. The topological polar surface area (TPSA) is 79.1 Å². The van der Waals surface area contributed by atoms with Crippen LogP contribution in [-0.4, -0.2) is 15.3 Å². The predicted molar refractivity (Wildman–Crippen MR) is 49.2 cm³/mol. The number of phenolic OH excluding ortho intramolecular Hbond substituents is 1. The second kappa shape index (κ2) is 3.19. The second-order valence-corrected chi connectivity index (χ2v) is 2.99. The number of nitrogens with zero attached hydrogens (tertiary/aromatic N) is 1. The van der Waals surface area contributed by atoms with E-state index in [4.69, 9.17) is 11.6 Å². The van der Waals surface area contributed by atoms with E-state index < -0.39 is 5.76 Å². The van der Waals surface area contributed by atoms with Gasteiger partial charge < -0.3 is 9.52 Å². The van der Waals surface area contributed by atoms with Gasteiger partial charge in [-0.15, -0.1) is 5.10 Å². The number of phenols is 1. The molecule has 1 aromatic heterocycles. The highest BCUT2D eigenvalue weighted by atomic mass is 35.5. The molecule has 72 valence electrons. The van der Waals surface area contributed by atoms with Crippen LogP contribution in [0, 0.1) is 0 Å². The van der Waals surface area contributed by atoms with Gasteiger partial charge in [-0.25, -0.2) is 9.89 Å². The third-order valence-corrected chi connectivity index (χ3v) is 1.95. The minimum absolute atomic E-state index is 0.0232. The highest BCUT2D eigenvalue weighted by Gasteiger charge is 2.10. The summed E-state index contributed by atoms with van der Waals surface area (Å²) >= 11 is 5.81. The van der Waals surface area contributed by atoms with Crippen molar-refractivity contribution in [2.24, 2.45) is 0 Å². The summed E-state index contributed by atoms with van der Waals surface area (Å²) in [6.07, 6.45) is 0. The van der Waals surface area contributed by atoms with Crippen LogP contribution >= 0.6 is 11.6 Å². The van der Waals surface area contributed by atoms with E-state index in [9.17, 15) is 9.90 Å². The number of nitrogens with one attached hydrogen (secondary N) is 1. The van der Waals surface area contributed by atoms with Gasteiger partial charge in [0.1, 0.15) is 5.75 Å². The number of aromatic hydroxyl groups is 1. The third kappa shape index (κ3) is 1.49. The highest BCUT2D eigenvalue weighted by molar-refractivity contribution is 6.33. The molecule has 0 atom stereocenters. The van der Waals surface area contributed by atoms with E-state index in [0.29, 0.717) is 10.6 Å². The fourth-order valence-electron chi connectivity index (χ4n) is 1.02. The van der Waals surface area contributed by atoms with Crippen molar-refractivity contribution in [3.63, 3.8) is 0 Å². The molecule has 0 aliphatic rings. The number of aromatic nitrogens is 2. The van der Waals surface area contributed by atoms with Crippen molar-refractivity contribution < 1.29 is 9.52 Å². The molecule has 14 heavy (non-hydrogen) atoms. The van der Waals surface area contributed by atoms with Crippen molar-refractivity contribution in [1.29, 1.82) is 0 Å². The Morgan fingerprint density at radius 1 is 1.50 bits per heavy atom. The molecule has 0 radical (unpaired) electrons. The van der Waals surface area contributed by atoms with Crippen molar-refractivity contribution >= 4 is 11.6 Å². The number of H-pyrrole nitrogens is 1. The van der Waals surface area contributed by atoms with E-state index in [0.717, 1.165) is 0 Å². The second-order valence-electron chi connectivity index (χ2n) is 2.58. The quantitative estimate of drug-likeness (QED) is 0.749. The minimum Gasteiger partial charge on any atom is -0.508 e. The van der Waals surface area contributed by atoms with Crippen LogP contribution in [0.1, 0.15) is 0 Å². The summed E-state index contributed by atoms with van der Waals surface area (Å²) in [4.78, 5) is 10.7. The van der Waals surface area contributed by atoms with Crippen molar-refractivity contribution in [1.82, 2.24) is 10.2 Å². The number of benzene rings is 1. The van der Waals surface area contributed by atoms with E-state index in [1.807, 2.05) is 0 Å². The number of rotatable bonds is 1. The van der Waals surface area contributed by atoms with Gasteiger partial charge >= 0.3 is 5.76 Å². The Kier molecular flexibility index (Phi) is 2.01. The standard InChI is InChI=1S/C8H5ClN2O3/c9-6-2-1-4(12)3-5(6)7-10-11-8(13)14-7/h1-3,12H,(H,11,13). The first kappa shape index (κ1) is 8.83.